The number of halogens is 2. The van der Waals surface area contributed by atoms with Crippen LogP contribution in [0.25, 0.3) is 0 Å². The number of Topliss-reactive ketones (excluding diaryl/α,β-unsaturated/α-hetero) is 1. The number of hydrogen-bond donors (Lipinski definition) is 1. The molecule has 2 aromatic rings. The first-order valence-corrected chi connectivity index (χ1v) is 11.2. The molecule has 3 unspecified atom stereocenters. The van der Waals surface area contributed by atoms with Gasteiger partial charge in [-0.1, -0.05) is 78.6 Å². The molecule has 156 valence electrons. The Kier molecular flexibility index (Phi) is 4.98. The van der Waals surface area contributed by atoms with Crippen LogP contribution < -0.4 is 5.32 Å². The van der Waals surface area contributed by atoms with Gasteiger partial charge in [0, 0.05) is 21.6 Å². The third-order valence-corrected chi connectivity index (χ3v) is 9.07. The second-order valence-electron chi connectivity index (χ2n) is 8.99. The Labute approximate surface area is 189 Å². The number of alkyl halides is 1. The van der Waals surface area contributed by atoms with Crippen molar-refractivity contribution in [2.24, 2.45) is 16.2 Å². The van der Waals surface area contributed by atoms with Crippen molar-refractivity contribution in [2.75, 3.05) is 5.32 Å². The lowest BCUT2D eigenvalue weighted by molar-refractivity contribution is -0.130. The predicted molar refractivity (Wildman–Crippen MR) is 121 cm³/mol. The molecule has 2 aliphatic rings. The van der Waals surface area contributed by atoms with E-state index in [1.807, 2.05) is 26.8 Å². The minimum atomic E-state index is -0.883. The fourth-order valence-corrected chi connectivity index (χ4v) is 6.93. The van der Waals surface area contributed by atoms with Gasteiger partial charge >= 0.3 is 0 Å². The maximum Gasteiger partial charge on any atom is 0.232 e. The molecule has 4 rings (SSSR count). The number of nitrogens with one attached hydrogen (secondary N) is 1. The van der Waals surface area contributed by atoms with Gasteiger partial charge in [0.25, 0.3) is 0 Å². The minimum Gasteiger partial charge on any atom is -0.325 e. The van der Waals surface area contributed by atoms with Gasteiger partial charge in [-0.05, 0) is 36.5 Å². The zero-order chi connectivity index (χ0) is 21.9. The SMILES string of the molecule is CC12CCC(C(=O)Nc3ccc(Cl)cc3C(=O)c3ccccc3)(C(Br)C1=O)C2(C)C. The molecule has 0 heterocycles. The number of anilines is 1. The number of ketones is 2. The monoisotopic (exact) mass is 487 g/mol. The number of carbonyl (C=O) groups is 3. The third kappa shape index (κ3) is 2.68. The van der Waals surface area contributed by atoms with Gasteiger partial charge in [0.05, 0.1) is 15.9 Å². The summed E-state index contributed by atoms with van der Waals surface area (Å²) in [7, 11) is 0. The molecule has 2 aliphatic carbocycles. The average Bonchev–Trinajstić information content (AvgIpc) is 3.00. The molecule has 1 amide bonds. The molecule has 2 aromatic carbocycles. The van der Waals surface area contributed by atoms with E-state index in [0.29, 0.717) is 34.7 Å². The first-order chi connectivity index (χ1) is 14.1. The van der Waals surface area contributed by atoms with Gasteiger partial charge < -0.3 is 5.32 Å². The molecule has 0 aliphatic heterocycles. The Morgan fingerprint density at radius 1 is 1.07 bits per heavy atom. The molecule has 30 heavy (non-hydrogen) atoms. The molecule has 4 nitrogen and oxygen atoms in total. The Hall–Kier alpha value is -1.98. The topological polar surface area (TPSA) is 63.2 Å². The Balaban J connectivity index is 1.73. The number of fused-ring (bicyclic) bond motifs is 2. The van der Waals surface area contributed by atoms with Crippen molar-refractivity contribution in [1.29, 1.82) is 0 Å². The second-order valence-corrected chi connectivity index (χ2v) is 10.3. The van der Waals surface area contributed by atoms with E-state index in [9.17, 15) is 14.4 Å². The lowest BCUT2D eigenvalue weighted by Gasteiger charge is -2.39. The third-order valence-electron chi connectivity index (χ3n) is 7.64. The summed E-state index contributed by atoms with van der Waals surface area (Å²) in [5.74, 6) is -0.390. The van der Waals surface area contributed by atoms with Crippen molar-refractivity contribution in [3.63, 3.8) is 0 Å². The van der Waals surface area contributed by atoms with Gasteiger partial charge in [-0.15, -0.1) is 0 Å². The Morgan fingerprint density at radius 3 is 2.33 bits per heavy atom. The molecule has 0 aromatic heterocycles. The van der Waals surface area contributed by atoms with Crippen LogP contribution >= 0.6 is 27.5 Å². The van der Waals surface area contributed by atoms with E-state index in [-0.39, 0.29) is 17.5 Å². The first kappa shape index (κ1) is 21.3. The fraction of sp³-hybridized carbons (Fsp3) is 0.375. The molecule has 1 N–H and O–H groups in total. The Morgan fingerprint density at radius 2 is 1.73 bits per heavy atom. The molecule has 2 bridgehead atoms. The van der Waals surface area contributed by atoms with Crippen LogP contribution in [0, 0.1) is 16.2 Å². The van der Waals surface area contributed by atoms with Crippen molar-refractivity contribution in [2.45, 2.75) is 38.4 Å². The van der Waals surface area contributed by atoms with Gasteiger partial charge in [-0.3, -0.25) is 14.4 Å². The van der Waals surface area contributed by atoms with Gasteiger partial charge in [0.15, 0.2) is 11.6 Å². The summed E-state index contributed by atoms with van der Waals surface area (Å²) >= 11 is 9.70. The molecule has 0 saturated heterocycles. The van der Waals surface area contributed by atoms with Crippen LogP contribution in [0.5, 0.6) is 0 Å². The van der Waals surface area contributed by atoms with Gasteiger partial charge in [-0.25, -0.2) is 0 Å². The summed E-state index contributed by atoms with van der Waals surface area (Å²) < 4.78 is 0. The second kappa shape index (κ2) is 7.03. The first-order valence-electron chi connectivity index (χ1n) is 9.95. The summed E-state index contributed by atoms with van der Waals surface area (Å²) in [5.41, 5.74) is -0.724. The van der Waals surface area contributed by atoms with Crippen molar-refractivity contribution >= 4 is 50.7 Å². The standard InChI is InChI=1S/C24H23BrClNO3/c1-22(2)23(3)11-12-24(22,19(25)20(23)29)21(30)27-17-10-9-15(26)13-16(17)18(28)14-7-5-4-6-8-14/h4-10,13,19H,11-12H2,1-3H3,(H,27,30). The van der Waals surface area contributed by atoms with Crippen molar-refractivity contribution in [1.82, 2.24) is 0 Å². The van der Waals surface area contributed by atoms with Gasteiger partial charge in [0.1, 0.15) is 0 Å². The molecule has 0 radical (unpaired) electrons. The van der Waals surface area contributed by atoms with E-state index in [0.717, 1.165) is 0 Å². The van der Waals surface area contributed by atoms with Gasteiger partial charge in [-0.2, -0.15) is 0 Å². The van der Waals surface area contributed by atoms with Crippen molar-refractivity contribution in [3.05, 3.63) is 64.7 Å². The highest BCUT2D eigenvalue weighted by molar-refractivity contribution is 9.10. The summed E-state index contributed by atoms with van der Waals surface area (Å²) in [6.45, 7) is 5.95. The Bertz CT molecular complexity index is 1070. The van der Waals surface area contributed by atoms with E-state index in [4.69, 9.17) is 11.6 Å². The van der Waals surface area contributed by atoms with E-state index in [1.54, 1.807) is 42.5 Å². The van der Waals surface area contributed by atoms with Crippen LogP contribution in [0.4, 0.5) is 5.69 Å². The van der Waals surface area contributed by atoms with Crippen LogP contribution in [0.2, 0.25) is 5.02 Å². The molecule has 6 heteroatoms. The molecule has 2 saturated carbocycles. The number of carbonyl (C=O) groups excluding carboxylic acids is 3. The highest BCUT2D eigenvalue weighted by atomic mass is 79.9. The number of hydrogen-bond acceptors (Lipinski definition) is 3. The fourth-order valence-electron chi connectivity index (χ4n) is 5.25. The normalized spacial score (nSPS) is 29.1. The number of rotatable bonds is 4. The number of benzene rings is 2. The maximum absolute atomic E-state index is 13.7. The van der Waals surface area contributed by atoms with Crippen LogP contribution in [-0.2, 0) is 9.59 Å². The quantitative estimate of drug-likeness (QED) is 0.445. The predicted octanol–water partition coefficient (Wildman–Crippen LogP) is 5.67. The van der Waals surface area contributed by atoms with Gasteiger partial charge in [0.2, 0.25) is 5.91 Å². The zero-order valence-corrected chi connectivity index (χ0v) is 19.4. The molecular formula is C24H23BrClNO3. The average molecular weight is 489 g/mol. The van der Waals surface area contributed by atoms with E-state index >= 15 is 0 Å². The number of amides is 1. The maximum atomic E-state index is 13.7. The summed E-state index contributed by atoms with van der Waals surface area (Å²) in [4.78, 5) is 39.2. The van der Waals surface area contributed by atoms with E-state index < -0.39 is 21.1 Å². The highest BCUT2D eigenvalue weighted by Gasteiger charge is 2.76. The largest absolute Gasteiger partial charge is 0.325 e. The summed E-state index contributed by atoms with van der Waals surface area (Å²) in [5, 5.41) is 3.38. The lowest BCUT2D eigenvalue weighted by Crippen LogP contribution is -2.48. The molecule has 0 spiro atoms. The lowest BCUT2D eigenvalue weighted by atomic mass is 9.64. The van der Waals surface area contributed by atoms with Crippen LogP contribution in [-0.4, -0.2) is 22.3 Å². The summed E-state index contributed by atoms with van der Waals surface area (Å²) in [6, 6.07) is 13.7. The minimum absolute atomic E-state index is 0.0746. The van der Waals surface area contributed by atoms with Crippen LogP contribution in [0.15, 0.2) is 48.5 Å². The van der Waals surface area contributed by atoms with E-state index in [1.165, 1.54) is 0 Å². The summed E-state index contributed by atoms with van der Waals surface area (Å²) in [6.07, 6.45) is 1.28. The van der Waals surface area contributed by atoms with Crippen LogP contribution in [0.3, 0.4) is 0 Å². The van der Waals surface area contributed by atoms with E-state index in [2.05, 4.69) is 21.2 Å². The molecule has 2 fully saturated rings. The highest BCUT2D eigenvalue weighted by Crippen LogP contribution is 2.72. The van der Waals surface area contributed by atoms with Crippen molar-refractivity contribution in [3.8, 4) is 0 Å². The molecule has 3 atom stereocenters. The van der Waals surface area contributed by atoms with Crippen LogP contribution in [0.1, 0.15) is 49.5 Å². The molecular weight excluding hydrogens is 466 g/mol. The smallest absolute Gasteiger partial charge is 0.232 e. The zero-order valence-electron chi connectivity index (χ0n) is 17.1. The van der Waals surface area contributed by atoms with Crippen molar-refractivity contribution < 1.29 is 14.4 Å².